The summed E-state index contributed by atoms with van der Waals surface area (Å²) in [5.74, 6) is -0.771. The van der Waals surface area contributed by atoms with E-state index in [-0.39, 0.29) is 29.9 Å². The van der Waals surface area contributed by atoms with Gasteiger partial charge in [-0.1, -0.05) is 11.6 Å². The van der Waals surface area contributed by atoms with E-state index in [0.717, 1.165) is 6.07 Å². The predicted molar refractivity (Wildman–Crippen MR) is 67.2 cm³/mol. The molecular weight excluding hydrogens is 278 g/mol. The van der Waals surface area contributed by atoms with Crippen molar-refractivity contribution in [3.63, 3.8) is 0 Å². The first-order valence-electron chi connectivity index (χ1n) is 5.22. The molecule has 0 aliphatic carbocycles. The largest absolute Gasteiger partial charge is 0.382 e. The number of hydrogen-bond donors (Lipinski definition) is 1. The first kappa shape index (κ1) is 15.3. The Hall–Kier alpha value is -1.77. The summed E-state index contributed by atoms with van der Waals surface area (Å²) in [5.41, 5.74) is -0.338. The molecule has 0 saturated heterocycles. The highest BCUT2D eigenvalue weighted by molar-refractivity contribution is 6.29. The predicted octanol–water partition coefficient (Wildman–Crippen LogP) is 1.24. The summed E-state index contributed by atoms with van der Waals surface area (Å²) in [6.45, 7) is 0.340. The van der Waals surface area contributed by atoms with Gasteiger partial charge < -0.3 is 14.8 Å². The number of aromatic nitrogens is 1. The van der Waals surface area contributed by atoms with Crippen LogP contribution >= 0.6 is 11.6 Å². The number of carbonyl (C=O) groups is 1. The molecule has 0 spiro atoms. The molecular formula is C10H12ClN3O5. The third kappa shape index (κ3) is 5.16. The third-order valence-corrected chi connectivity index (χ3v) is 2.17. The van der Waals surface area contributed by atoms with Gasteiger partial charge in [-0.2, -0.15) is 0 Å². The van der Waals surface area contributed by atoms with Crippen molar-refractivity contribution < 1.29 is 19.2 Å². The van der Waals surface area contributed by atoms with E-state index in [2.05, 4.69) is 10.3 Å². The second kappa shape index (κ2) is 7.62. The number of hydrogen-bond acceptors (Lipinski definition) is 6. The van der Waals surface area contributed by atoms with Gasteiger partial charge in [0.25, 0.3) is 5.91 Å². The smallest absolute Gasteiger partial charge is 0.311 e. The monoisotopic (exact) mass is 289 g/mol. The fraction of sp³-hybridized carbons (Fsp3) is 0.400. The highest BCUT2D eigenvalue weighted by Crippen LogP contribution is 2.23. The zero-order valence-electron chi connectivity index (χ0n) is 10.1. The van der Waals surface area contributed by atoms with E-state index in [4.69, 9.17) is 21.1 Å². The molecule has 0 saturated carbocycles. The van der Waals surface area contributed by atoms with Gasteiger partial charge in [0.1, 0.15) is 11.8 Å². The van der Waals surface area contributed by atoms with E-state index < -0.39 is 10.8 Å². The molecule has 8 nitrogen and oxygen atoms in total. The van der Waals surface area contributed by atoms with Crippen LogP contribution in [0.2, 0.25) is 5.15 Å². The average molecular weight is 290 g/mol. The van der Waals surface area contributed by atoms with Crippen molar-refractivity contribution >= 4 is 29.0 Å². The summed E-state index contributed by atoms with van der Waals surface area (Å²) in [6.07, 6.45) is 0. The van der Waals surface area contributed by atoms with E-state index in [1.54, 1.807) is 0 Å². The van der Waals surface area contributed by atoms with Crippen LogP contribution in [-0.4, -0.2) is 42.7 Å². The summed E-state index contributed by atoms with van der Waals surface area (Å²) in [7, 11) is 1.50. The number of rotatable bonds is 7. The third-order valence-electron chi connectivity index (χ3n) is 1.96. The van der Waals surface area contributed by atoms with E-state index in [1.165, 1.54) is 13.2 Å². The summed E-state index contributed by atoms with van der Waals surface area (Å²) < 4.78 is 9.70. The Morgan fingerprint density at radius 1 is 1.53 bits per heavy atom. The van der Waals surface area contributed by atoms with Gasteiger partial charge >= 0.3 is 5.69 Å². The number of anilines is 1. The fourth-order valence-electron chi connectivity index (χ4n) is 1.14. The maximum absolute atomic E-state index is 11.5. The number of nitrogens with one attached hydrogen (secondary N) is 1. The maximum atomic E-state index is 11.5. The van der Waals surface area contributed by atoms with E-state index in [1.807, 2.05) is 0 Å². The highest BCUT2D eigenvalue weighted by atomic mass is 35.5. The van der Waals surface area contributed by atoms with Gasteiger partial charge in [-0.05, 0) is 6.07 Å². The molecule has 19 heavy (non-hydrogen) atoms. The first-order valence-corrected chi connectivity index (χ1v) is 5.60. The zero-order chi connectivity index (χ0) is 14.3. The number of ether oxygens (including phenoxy) is 2. The molecule has 0 bridgehead atoms. The lowest BCUT2D eigenvalue weighted by molar-refractivity contribution is -0.384. The normalized spacial score (nSPS) is 10.2. The quantitative estimate of drug-likeness (QED) is 0.350. The summed E-state index contributed by atoms with van der Waals surface area (Å²) in [5, 5.41) is 13.0. The number of methoxy groups -OCH3 is 1. The molecule has 0 radical (unpaired) electrons. The van der Waals surface area contributed by atoms with Gasteiger partial charge in [0.15, 0.2) is 0 Å². The Morgan fingerprint density at radius 2 is 2.26 bits per heavy atom. The van der Waals surface area contributed by atoms with Crippen LogP contribution in [0.4, 0.5) is 11.5 Å². The molecule has 9 heteroatoms. The molecule has 0 unspecified atom stereocenters. The molecule has 0 aliphatic rings. The SMILES string of the molecule is COCCOCC(=O)Nc1nc(Cl)ccc1[N+](=O)[O-]. The van der Waals surface area contributed by atoms with Gasteiger partial charge in [-0.3, -0.25) is 14.9 Å². The number of nitro groups is 1. The average Bonchev–Trinajstić information content (AvgIpc) is 2.34. The van der Waals surface area contributed by atoms with Crippen LogP contribution in [0.25, 0.3) is 0 Å². The summed E-state index contributed by atoms with van der Waals surface area (Å²) in [4.78, 5) is 25.2. The molecule has 1 amide bonds. The molecule has 1 rings (SSSR count). The Balaban J connectivity index is 2.62. The van der Waals surface area contributed by atoms with Gasteiger partial charge in [-0.15, -0.1) is 0 Å². The molecule has 1 heterocycles. The van der Waals surface area contributed by atoms with Crippen LogP contribution in [-0.2, 0) is 14.3 Å². The van der Waals surface area contributed by atoms with Crippen LogP contribution in [0, 0.1) is 10.1 Å². The van der Waals surface area contributed by atoms with Crippen LogP contribution < -0.4 is 5.32 Å². The van der Waals surface area contributed by atoms with Gasteiger partial charge in [0.05, 0.1) is 18.1 Å². The number of halogens is 1. The summed E-state index contributed by atoms with van der Waals surface area (Å²) >= 11 is 5.62. The van der Waals surface area contributed by atoms with Crippen molar-refractivity contribution in [3.8, 4) is 0 Å². The van der Waals surface area contributed by atoms with Crippen molar-refractivity contribution in [1.29, 1.82) is 0 Å². The lowest BCUT2D eigenvalue weighted by Gasteiger charge is -2.06. The van der Waals surface area contributed by atoms with Crippen molar-refractivity contribution in [2.75, 3.05) is 32.2 Å². The fourth-order valence-corrected chi connectivity index (χ4v) is 1.29. The molecule has 0 aromatic carbocycles. The Bertz CT molecular complexity index is 468. The second-order valence-corrected chi connectivity index (χ2v) is 3.74. The zero-order valence-corrected chi connectivity index (χ0v) is 10.8. The van der Waals surface area contributed by atoms with Gasteiger partial charge in [0, 0.05) is 13.2 Å². The molecule has 0 fully saturated rings. The molecule has 0 aliphatic heterocycles. The van der Waals surface area contributed by atoms with Crippen LogP contribution in [0.15, 0.2) is 12.1 Å². The van der Waals surface area contributed by atoms with E-state index in [0.29, 0.717) is 6.61 Å². The summed E-state index contributed by atoms with van der Waals surface area (Å²) in [6, 6.07) is 2.43. The van der Waals surface area contributed by atoms with E-state index in [9.17, 15) is 14.9 Å². The maximum Gasteiger partial charge on any atom is 0.311 e. The molecule has 1 aromatic rings. The first-order chi connectivity index (χ1) is 9.04. The minimum atomic E-state index is -0.662. The molecule has 0 atom stereocenters. The van der Waals surface area contributed by atoms with Crippen LogP contribution in [0.5, 0.6) is 0 Å². The van der Waals surface area contributed by atoms with Crippen molar-refractivity contribution in [2.24, 2.45) is 0 Å². The molecule has 1 aromatic heterocycles. The Kier molecular flexibility index (Phi) is 6.13. The minimum absolute atomic E-state index is 0.0428. The van der Waals surface area contributed by atoms with Crippen LogP contribution in [0.3, 0.4) is 0 Å². The highest BCUT2D eigenvalue weighted by Gasteiger charge is 2.17. The molecule has 104 valence electrons. The Morgan fingerprint density at radius 3 is 2.89 bits per heavy atom. The standard InChI is InChI=1S/C10H12ClN3O5/c1-18-4-5-19-6-9(15)13-10-7(14(16)17)2-3-8(11)12-10/h2-3H,4-6H2,1H3,(H,12,13,15). The second-order valence-electron chi connectivity index (χ2n) is 3.35. The number of carbonyl (C=O) groups excluding carboxylic acids is 1. The van der Waals surface area contributed by atoms with Crippen molar-refractivity contribution in [1.82, 2.24) is 4.98 Å². The lowest BCUT2D eigenvalue weighted by atomic mass is 10.4. The lowest BCUT2D eigenvalue weighted by Crippen LogP contribution is -2.21. The number of nitrogens with zero attached hydrogens (tertiary/aromatic N) is 2. The van der Waals surface area contributed by atoms with Crippen molar-refractivity contribution in [2.45, 2.75) is 0 Å². The van der Waals surface area contributed by atoms with Gasteiger partial charge in [0.2, 0.25) is 5.82 Å². The van der Waals surface area contributed by atoms with Crippen molar-refractivity contribution in [3.05, 3.63) is 27.4 Å². The number of amides is 1. The van der Waals surface area contributed by atoms with E-state index >= 15 is 0 Å². The van der Waals surface area contributed by atoms with Crippen LogP contribution in [0.1, 0.15) is 0 Å². The molecule has 1 N–H and O–H groups in total. The topological polar surface area (TPSA) is 104 Å². The minimum Gasteiger partial charge on any atom is -0.382 e. The van der Waals surface area contributed by atoms with Gasteiger partial charge in [-0.25, -0.2) is 4.98 Å². The number of pyridine rings is 1. The Labute approximate surface area is 113 Å².